The quantitative estimate of drug-likeness (QED) is 0.0990. The topological polar surface area (TPSA) is 113 Å². The van der Waals surface area contributed by atoms with Crippen LogP contribution in [0.3, 0.4) is 0 Å². The number of rotatable bonds is 14. The van der Waals surface area contributed by atoms with Crippen molar-refractivity contribution in [1.82, 2.24) is 49.0 Å². The second-order valence-corrected chi connectivity index (χ2v) is 31.6. The van der Waals surface area contributed by atoms with Crippen LogP contribution in [0.2, 0.25) is 0 Å². The van der Waals surface area contributed by atoms with Crippen molar-refractivity contribution in [3.63, 3.8) is 0 Å². The van der Waals surface area contributed by atoms with Gasteiger partial charge < -0.3 is 9.13 Å². The Kier molecular flexibility index (Phi) is 18.7. The fourth-order valence-corrected chi connectivity index (χ4v) is 18.1. The van der Waals surface area contributed by atoms with Gasteiger partial charge in [-0.3, -0.25) is 0 Å². The minimum atomic E-state index is 0.611. The van der Waals surface area contributed by atoms with Crippen molar-refractivity contribution in [2.45, 2.75) is 0 Å². The number of aromatic nitrogens is 10. The minimum Gasteiger partial charge on any atom is -0.309 e. The van der Waals surface area contributed by atoms with Gasteiger partial charge in [-0.2, -0.15) is 0 Å². The van der Waals surface area contributed by atoms with E-state index >= 15 is 0 Å². The number of fused-ring (bicyclic) bond motifs is 12. The molecule has 0 atom stereocenters. The first-order valence-electron chi connectivity index (χ1n) is 42.4. The lowest BCUT2D eigenvalue weighted by atomic mass is 9.92. The second kappa shape index (κ2) is 31.8. The molecule has 0 bridgehead atoms. The van der Waals surface area contributed by atoms with E-state index in [1.165, 1.54) is 65.6 Å². The molecule has 24 rings (SSSR count). The van der Waals surface area contributed by atoms with Crippen molar-refractivity contribution in [3.8, 4) is 147 Å². The minimum absolute atomic E-state index is 0.611. The van der Waals surface area contributed by atoms with Crippen LogP contribution in [0.4, 0.5) is 0 Å². The zero-order valence-electron chi connectivity index (χ0n) is 68.2. The van der Waals surface area contributed by atoms with Crippen molar-refractivity contribution in [1.29, 1.82) is 0 Å². The highest BCUT2D eigenvalue weighted by atomic mass is 15.1. The number of nitrogens with zero attached hydrogens (tertiary/aromatic N) is 10. The molecule has 0 aliphatic rings. The van der Waals surface area contributed by atoms with Crippen LogP contribution in [0.1, 0.15) is 0 Å². The summed E-state index contributed by atoms with van der Waals surface area (Å²) in [5.74, 6) is 3.71. The van der Waals surface area contributed by atoms with Gasteiger partial charge in [0.2, 0.25) is 0 Å². The normalized spacial score (nSPS) is 11.5. The molecular formula is C116H74N10. The third-order valence-corrected chi connectivity index (χ3v) is 24.1. The Labute approximate surface area is 726 Å². The molecule has 24 aromatic rings. The molecule has 0 radical (unpaired) electrons. The molecule has 0 aliphatic heterocycles. The number of hydrogen-bond acceptors (Lipinski definition) is 8. The molecule has 0 amide bonds. The smallest absolute Gasteiger partial charge is 0.164 e. The van der Waals surface area contributed by atoms with Crippen molar-refractivity contribution in [2.75, 3.05) is 0 Å². The Balaban J connectivity index is 0.000000145. The first-order valence-corrected chi connectivity index (χ1v) is 42.4. The number of pyridine rings is 2. The highest BCUT2D eigenvalue weighted by Gasteiger charge is 2.23. The molecule has 0 aliphatic carbocycles. The molecule has 0 saturated heterocycles. The molecule has 126 heavy (non-hydrogen) atoms. The fourth-order valence-electron chi connectivity index (χ4n) is 18.1. The third kappa shape index (κ3) is 13.6. The molecule has 0 unspecified atom stereocenters. The Morgan fingerprint density at radius 1 is 0.143 bits per heavy atom. The van der Waals surface area contributed by atoms with Gasteiger partial charge in [-0.05, 0) is 117 Å². The number of para-hydroxylation sites is 4. The number of benzene rings is 18. The Bertz CT molecular complexity index is 8170. The summed E-state index contributed by atoms with van der Waals surface area (Å²) in [6.45, 7) is 0. The van der Waals surface area contributed by atoms with E-state index in [0.717, 1.165) is 133 Å². The Hall–Kier alpha value is -17.1. The lowest BCUT2D eigenvalue weighted by Gasteiger charge is -2.15. The maximum atomic E-state index is 5.36. The molecule has 6 heterocycles. The fraction of sp³-hybridized carbons (Fsp3) is 0. The van der Waals surface area contributed by atoms with E-state index in [0.29, 0.717) is 34.9 Å². The maximum absolute atomic E-state index is 5.36. The van der Waals surface area contributed by atoms with Crippen LogP contribution in [0.5, 0.6) is 0 Å². The second-order valence-electron chi connectivity index (χ2n) is 31.6. The molecule has 0 N–H and O–H groups in total. The zero-order valence-corrected chi connectivity index (χ0v) is 68.2. The van der Waals surface area contributed by atoms with Gasteiger partial charge in [0.1, 0.15) is 0 Å². The summed E-state index contributed by atoms with van der Waals surface area (Å²) in [7, 11) is 0. The van der Waals surface area contributed by atoms with Gasteiger partial charge in [0, 0.05) is 110 Å². The van der Waals surface area contributed by atoms with E-state index in [2.05, 4.69) is 397 Å². The summed E-state index contributed by atoms with van der Waals surface area (Å²) >= 11 is 0. The van der Waals surface area contributed by atoms with Gasteiger partial charge in [-0.1, -0.05) is 376 Å². The zero-order chi connectivity index (χ0) is 83.4. The lowest BCUT2D eigenvalue weighted by molar-refractivity contribution is 1.07. The van der Waals surface area contributed by atoms with E-state index in [1.807, 2.05) is 60.7 Å². The molecule has 0 fully saturated rings. The van der Waals surface area contributed by atoms with Crippen LogP contribution < -0.4 is 0 Å². The van der Waals surface area contributed by atoms with E-state index in [4.69, 9.17) is 39.9 Å². The van der Waals surface area contributed by atoms with Gasteiger partial charge in [-0.25, -0.2) is 39.9 Å². The summed E-state index contributed by atoms with van der Waals surface area (Å²) in [6.07, 6.45) is 0. The van der Waals surface area contributed by atoms with E-state index in [1.54, 1.807) is 0 Å². The van der Waals surface area contributed by atoms with Gasteiger partial charge in [0.05, 0.1) is 44.5 Å². The third-order valence-electron chi connectivity index (χ3n) is 24.1. The first kappa shape index (κ1) is 74.0. The summed E-state index contributed by atoms with van der Waals surface area (Å²) in [5, 5.41) is 11.8. The highest BCUT2D eigenvalue weighted by molar-refractivity contribution is 6.19. The average Bonchev–Trinajstić information content (AvgIpc) is 0.916. The SMILES string of the molecule is c1ccc(-c2nc(-c3ccc(-c4ccc5c(c4)nc(-c4ccccc4)c4cccc(-c6ccccc6)c45)cc3)nc(-c3ccc(-n4c5ccccc5c5ccccc54)cc3)n2)cc1.c1ccc(-c2nc(-c3ccc(-c4ccc5c(c4)nc(-c4ccccc4)c4cccc(-c6ccccc6)c45)cc3)nc(-c3cccc(-n4c5ccccc5c5ccccc54)c3)n2)cc1. The summed E-state index contributed by atoms with van der Waals surface area (Å²) in [5.41, 5.74) is 27.4. The van der Waals surface area contributed by atoms with E-state index in [-0.39, 0.29) is 0 Å². The van der Waals surface area contributed by atoms with Crippen LogP contribution in [-0.2, 0) is 0 Å². The molecule has 18 aromatic carbocycles. The molecule has 0 saturated carbocycles. The molecule has 6 aromatic heterocycles. The Morgan fingerprint density at radius 3 is 0.770 bits per heavy atom. The highest BCUT2D eigenvalue weighted by Crippen LogP contribution is 2.44. The predicted octanol–water partition coefficient (Wildman–Crippen LogP) is 29.3. The van der Waals surface area contributed by atoms with Gasteiger partial charge >= 0.3 is 0 Å². The molecule has 588 valence electrons. The largest absolute Gasteiger partial charge is 0.309 e. The van der Waals surface area contributed by atoms with Crippen molar-refractivity contribution < 1.29 is 0 Å². The summed E-state index contributed by atoms with van der Waals surface area (Å²) in [6, 6.07) is 157. The first-order chi connectivity index (χ1) is 62.5. The van der Waals surface area contributed by atoms with Crippen molar-refractivity contribution >= 4 is 87.0 Å². The van der Waals surface area contributed by atoms with Gasteiger partial charge in [0.15, 0.2) is 34.9 Å². The summed E-state index contributed by atoms with van der Waals surface area (Å²) in [4.78, 5) is 41.2. The molecular weight excluding hydrogens is 1530 g/mol. The number of hydrogen-bond donors (Lipinski definition) is 0. The van der Waals surface area contributed by atoms with Crippen molar-refractivity contribution in [3.05, 3.63) is 449 Å². The lowest BCUT2D eigenvalue weighted by Crippen LogP contribution is -2.01. The van der Waals surface area contributed by atoms with E-state index < -0.39 is 0 Å². The standard InChI is InChI=1S/2C58H37N5/c1-4-16-39(17-5-1)46-26-15-27-50-54(46)49-35-34-43(37-51(49)59-55(50)40-18-6-2-7-19-40)38-30-32-42(33-31-38)57-60-56(41-20-8-3-9-21-41)61-58(62-57)44-22-14-23-45(36-44)63-52-28-12-10-24-47(52)48-25-11-13-29-53(48)63;1-4-15-39(16-5-1)46-23-14-24-50-54(46)49-36-33-44(37-51(49)59-55(50)40-17-6-2-7-18-40)38-27-29-42(30-28-38)57-60-56(41-19-8-3-9-20-41)61-58(62-57)43-31-34-45(35-32-43)63-52-25-12-10-21-47(52)48-22-11-13-26-53(48)63/h2*1-37H. The Morgan fingerprint density at radius 2 is 0.405 bits per heavy atom. The van der Waals surface area contributed by atoms with Crippen LogP contribution in [0, 0.1) is 0 Å². The van der Waals surface area contributed by atoms with Crippen LogP contribution in [-0.4, -0.2) is 49.0 Å². The molecule has 0 spiro atoms. The van der Waals surface area contributed by atoms with Gasteiger partial charge in [0.25, 0.3) is 0 Å². The van der Waals surface area contributed by atoms with Crippen molar-refractivity contribution in [2.24, 2.45) is 0 Å². The maximum Gasteiger partial charge on any atom is 0.164 e. The monoisotopic (exact) mass is 1610 g/mol. The van der Waals surface area contributed by atoms with Gasteiger partial charge in [-0.15, -0.1) is 0 Å². The van der Waals surface area contributed by atoms with Crippen LogP contribution in [0.25, 0.3) is 234 Å². The average molecular weight is 1610 g/mol. The van der Waals surface area contributed by atoms with E-state index in [9.17, 15) is 0 Å². The van der Waals surface area contributed by atoms with Crippen LogP contribution in [0.15, 0.2) is 449 Å². The summed E-state index contributed by atoms with van der Waals surface area (Å²) < 4.78 is 4.64. The molecule has 10 heteroatoms. The van der Waals surface area contributed by atoms with Crippen LogP contribution >= 0.6 is 0 Å². The molecule has 10 nitrogen and oxygen atoms in total. The predicted molar refractivity (Wildman–Crippen MR) is 519 cm³/mol.